The largest absolute Gasteiger partial charge is 0.508 e. The number of phenols is 2. The van der Waals surface area contributed by atoms with Crippen molar-refractivity contribution in [3.8, 4) is 11.5 Å². The number of rotatable bonds is 12. The summed E-state index contributed by atoms with van der Waals surface area (Å²) in [4.78, 5) is 0. The SMILES string of the molecule is CC(C)CCC(C)Nc1ccc(Cc2ccc(NC(C)CCC(C)C)cc2O)c(O)c1. The van der Waals surface area contributed by atoms with Crippen LogP contribution in [0.1, 0.15) is 78.4 Å². The molecule has 2 aromatic rings. The van der Waals surface area contributed by atoms with Crippen molar-refractivity contribution in [2.45, 2.75) is 85.7 Å². The minimum atomic E-state index is 0.255. The van der Waals surface area contributed by atoms with Gasteiger partial charge >= 0.3 is 0 Å². The smallest absolute Gasteiger partial charge is 0.121 e. The molecule has 2 aromatic carbocycles. The quantitative estimate of drug-likeness (QED) is 0.291. The highest BCUT2D eigenvalue weighted by Gasteiger charge is 2.11. The van der Waals surface area contributed by atoms with E-state index in [0.717, 1.165) is 35.3 Å². The Morgan fingerprint density at radius 2 is 1.00 bits per heavy atom. The van der Waals surface area contributed by atoms with Crippen molar-refractivity contribution in [2.24, 2.45) is 11.8 Å². The third-order valence-electron chi connectivity index (χ3n) is 5.73. The Morgan fingerprint density at radius 3 is 1.32 bits per heavy atom. The van der Waals surface area contributed by atoms with Gasteiger partial charge in [-0.1, -0.05) is 39.8 Å². The summed E-state index contributed by atoms with van der Waals surface area (Å²) in [6.07, 6.45) is 5.05. The predicted octanol–water partition coefficient (Wildman–Crippen LogP) is 7.16. The van der Waals surface area contributed by atoms with Crippen LogP contribution in [0.15, 0.2) is 36.4 Å². The molecule has 0 aliphatic heterocycles. The van der Waals surface area contributed by atoms with Crippen molar-refractivity contribution < 1.29 is 10.2 Å². The van der Waals surface area contributed by atoms with Gasteiger partial charge in [0.15, 0.2) is 0 Å². The Morgan fingerprint density at radius 1 is 0.613 bits per heavy atom. The third kappa shape index (κ3) is 8.72. The minimum absolute atomic E-state index is 0.255. The lowest BCUT2D eigenvalue weighted by atomic mass is 10.0. The first-order valence-corrected chi connectivity index (χ1v) is 11.8. The summed E-state index contributed by atoms with van der Waals surface area (Å²) in [5, 5.41) is 28.0. The Kier molecular flexibility index (Phi) is 9.54. The summed E-state index contributed by atoms with van der Waals surface area (Å²) < 4.78 is 0. The molecule has 0 saturated heterocycles. The Balaban J connectivity index is 1.97. The number of nitrogens with one attached hydrogen (secondary N) is 2. The Bertz CT molecular complexity index is 749. The highest BCUT2D eigenvalue weighted by Crippen LogP contribution is 2.30. The first-order valence-electron chi connectivity index (χ1n) is 11.8. The van der Waals surface area contributed by atoms with Gasteiger partial charge in [0.2, 0.25) is 0 Å². The van der Waals surface area contributed by atoms with Crippen molar-refractivity contribution >= 4 is 11.4 Å². The van der Waals surface area contributed by atoms with Crippen LogP contribution in [0.5, 0.6) is 11.5 Å². The van der Waals surface area contributed by atoms with Crippen LogP contribution < -0.4 is 10.6 Å². The maximum atomic E-state index is 10.5. The van der Waals surface area contributed by atoms with Crippen LogP contribution in [0, 0.1) is 11.8 Å². The van der Waals surface area contributed by atoms with Gasteiger partial charge in [0.1, 0.15) is 11.5 Å². The molecule has 2 rings (SSSR count). The first kappa shape index (κ1) is 24.9. The maximum absolute atomic E-state index is 10.5. The molecular formula is C27H42N2O2. The van der Waals surface area contributed by atoms with Crippen LogP contribution in [0.3, 0.4) is 0 Å². The molecule has 0 saturated carbocycles. The summed E-state index contributed by atoms with van der Waals surface area (Å²) in [6.45, 7) is 13.3. The summed E-state index contributed by atoms with van der Waals surface area (Å²) in [5.41, 5.74) is 3.47. The second-order valence-electron chi connectivity index (χ2n) is 9.90. The number of hydrogen-bond acceptors (Lipinski definition) is 4. The topological polar surface area (TPSA) is 64.5 Å². The molecule has 0 aliphatic carbocycles. The summed E-state index contributed by atoms with van der Waals surface area (Å²) in [5.74, 6) is 1.89. The molecule has 0 heterocycles. The molecule has 2 atom stereocenters. The van der Waals surface area contributed by atoms with E-state index in [-0.39, 0.29) is 11.5 Å². The van der Waals surface area contributed by atoms with E-state index in [4.69, 9.17) is 0 Å². The summed E-state index contributed by atoms with van der Waals surface area (Å²) in [6, 6.07) is 12.2. The van der Waals surface area contributed by atoms with E-state index in [2.05, 4.69) is 52.2 Å². The molecule has 172 valence electrons. The number of hydrogen-bond donors (Lipinski definition) is 4. The normalized spacial score (nSPS) is 13.4. The molecule has 0 amide bonds. The number of phenolic OH excluding ortho intramolecular Hbond substituents is 2. The van der Waals surface area contributed by atoms with Crippen molar-refractivity contribution in [3.63, 3.8) is 0 Å². The zero-order chi connectivity index (χ0) is 23.0. The van der Waals surface area contributed by atoms with Crippen molar-refractivity contribution in [2.75, 3.05) is 10.6 Å². The lowest BCUT2D eigenvalue weighted by molar-refractivity contribution is 0.463. The van der Waals surface area contributed by atoms with Crippen LogP contribution in [0.4, 0.5) is 11.4 Å². The van der Waals surface area contributed by atoms with E-state index in [1.54, 1.807) is 12.1 Å². The standard InChI is InChI=1S/C27H42N2O2/c1-18(2)7-9-20(5)28-24-13-11-22(26(30)16-24)15-23-12-14-25(17-27(23)31)29-21(6)10-8-19(3)4/h11-14,16-21,28-31H,7-10,15H2,1-6H3. The van der Waals surface area contributed by atoms with Crippen LogP contribution >= 0.6 is 0 Å². The molecule has 0 bridgehead atoms. The lowest BCUT2D eigenvalue weighted by Crippen LogP contribution is -2.15. The fourth-order valence-corrected chi connectivity index (χ4v) is 3.69. The monoisotopic (exact) mass is 426 g/mol. The second kappa shape index (κ2) is 11.9. The van der Waals surface area contributed by atoms with Gasteiger partial charge in [0.05, 0.1) is 0 Å². The van der Waals surface area contributed by atoms with Gasteiger partial charge in [-0.2, -0.15) is 0 Å². The van der Waals surface area contributed by atoms with E-state index >= 15 is 0 Å². The van der Waals surface area contributed by atoms with Gasteiger partial charge in [0.25, 0.3) is 0 Å². The molecule has 4 heteroatoms. The predicted molar refractivity (Wildman–Crippen MR) is 133 cm³/mol. The van der Waals surface area contributed by atoms with Crippen LogP contribution in [0.2, 0.25) is 0 Å². The summed E-state index contributed by atoms with van der Waals surface area (Å²) in [7, 11) is 0. The zero-order valence-electron chi connectivity index (χ0n) is 20.2. The van der Waals surface area contributed by atoms with Gasteiger partial charge in [-0.05, 0) is 74.6 Å². The van der Waals surface area contributed by atoms with E-state index in [9.17, 15) is 10.2 Å². The van der Waals surface area contributed by atoms with Crippen molar-refractivity contribution in [3.05, 3.63) is 47.5 Å². The molecule has 0 fully saturated rings. The highest BCUT2D eigenvalue weighted by molar-refractivity contribution is 5.56. The molecular weight excluding hydrogens is 384 g/mol. The van der Waals surface area contributed by atoms with Gasteiger partial charge in [-0.15, -0.1) is 0 Å². The first-order chi connectivity index (χ1) is 14.6. The zero-order valence-corrected chi connectivity index (χ0v) is 20.2. The third-order valence-corrected chi connectivity index (χ3v) is 5.73. The highest BCUT2D eigenvalue weighted by atomic mass is 16.3. The van der Waals surface area contributed by atoms with Crippen molar-refractivity contribution in [1.29, 1.82) is 0 Å². The average molecular weight is 427 g/mol. The van der Waals surface area contributed by atoms with E-state index < -0.39 is 0 Å². The van der Waals surface area contributed by atoms with Gasteiger partial charge < -0.3 is 20.8 Å². The molecule has 0 spiro atoms. The van der Waals surface area contributed by atoms with Gasteiger partial charge in [-0.3, -0.25) is 0 Å². The number of anilines is 2. The Hall–Kier alpha value is -2.36. The minimum Gasteiger partial charge on any atom is -0.508 e. The Labute approximate surface area is 189 Å². The van der Waals surface area contributed by atoms with Crippen molar-refractivity contribution in [1.82, 2.24) is 0 Å². The maximum Gasteiger partial charge on any atom is 0.121 e. The molecule has 0 aliphatic rings. The van der Waals surface area contributed by atoms with E-state index in [1.165, 1.54) is 12.8 Å². The number of aromatic hydroxyl groups is 2. The van der Waals surface area contributed by atoms with Crippen LogP contribution in [-0.4, -0.2) is 22.3 Å². The van der Waals surface area contributed by atoms with Gasteiger partial charge in [0, 0.05) is 42.0 Å². The molecule has 2 unspecified atom stereocenters. The van der Waals surface area contributed by atoms with Gasteiger partial charge in [-0.25, -0.2) is 0 Å². The van der Waals surface area contributed by atoms with Crippen LogP contribution in [-0.2, 0) is 6.42 Å². The molecule has 4 N–H and O–H groups in total. The molecule has 0 aromatic heterocycles. The molecule has 31 heavy (non-hydrogen) atoms. The summed E-state index contributed by atoms with van der Waals surface area (Å²) >= 11 is 0. The second-order valence-corrected chi connectivity index (χ2v) is 9.90. The average Bonchev–Trinajstić information content (AvgIpc) is 2.68. The fraction of sp³-hybridized carbons (Fsp3) is 0.556. The molecule has 4 nitrogen and oxygen atoms in total. The van der Waals surface area contributed by atoms with E-state index in [0.29, 0.717) is 30.3 Å². The number of benzene rings is 2. The fourth-order valence-electron chi connectivity index (χ4n) is 3.69. The lowest BCUT2D eigenvalue weighted by Gasteiger charge is -2.18. The molecule has 0 radical (unpaired) electrons. The van der Waals surface area contributed by atoms with Crippen LogP contribution in [0.25, 0.3) is 0 Å². The van der Waals surface area contributed by atoms with E-state index in [1.807, 2.05) is 24.3 Å².